The van der Waals surface area contributed by atoms with Crippen LogP contribution in [0, 0.1) is 11.8 Å². The zero-order valence-corrected chi connectivity index (χ0v) is 19.0. The SMILES string of the molecule is CN=C(NCC(C)(C)N1CC(C)CC(C)C1)NC1CCc2nc(COC)nn2C1. The Hall–Kier alpha value is -1.67. The van der Waals surface area contributed by atoms with Gasteiger partial charge in [-0.3, -0.25) is 9.89 Å². The Labute approximate surface area is 175 Å². The molecule has 2 aliphatic heterocycles. The normalized spacial score (nSPS) is 26.3. The van der Waals surface area contributed by atoms with Gasteiger partial charge in [-0.05, 0) is 38.5 Å². The zero-order chi connectivity index (χ0) is 21.0. The highest BCUT2D eigenvalue weighted by Gasteiger charge is 2.33. The van der Waals surface area contributed by atoms with Gasteiger partial charge in [0.05, 0.1) is 6.54 Å². The summed E-state index contributed by atoms with van der Waals surface area (Å²) >= 11 is 0. The summed E-state index contributed by atoms with van der Waals surface area (Å²) in [7, 11) is 3.51. The molecule has 164 valence electrons. The molecule has 8 nitrogen and oxygen atoms in total. The Morgan fingerprint density at radius 1 is 1.24 bits per heavy atom. The van der Waals surface area contributed by atoms with E-state index in [-0.39, 0.29) is 5.54 Å². The highest BCUT2D eigenvalue weighted by atomic mass is 16.5. The second kappa shape index (κ2) is 9.43. The van der Waals surface area contributed by atoms with E-state index in [0.717, 1.165) is 55.4 Å². The van der Waals surface area contributed by atoms with Gasteiger partial charge in [0.15, 0.2) is 11.8 Å². The van der Waals surface area contributed by atoms with Gasteiger partial charge in [-0.2, -0.15) is 5.10 Å². The highest BCUT2D eigenvalue weighted by molar-refractivity contribution is 5.80. The van der Waals surface area contributed by atoms with Crippen LogP contribution in [-0.4, -0.2) is 71.0 Å². The summed E-state index contributed by atoms with van der Waals surface area (Å²) in [6, 6.07) is 0.295. The number of aryl methyl sites for hydroxylation is 1. The van der Waals surface area contributed by atoms with Crippen LogP contribution in [-0.2, 0) is 24.3 Å². The molecule has 3 heterocycles. The van der Waals surface area contributed by atoms with Crippen molar-refractivity contribution in [3.8, 4) is 0 Å². The van der Waals surface area contributed by atoms with Crippen molar-refractivity contribution in [2.75, 3.05) is 33.8 Å². The molecular weight excluding hydrogens is 366 g/mol. The highest BCUT2D eigenvalue weighted by Crippen LogP contribution is 2.26. The van der Waals surface area contributed by atoms with Crippen molar-refractivity contribution in [1.82, 2.24) is 30.3 Å². The van der Waals surface area contributed by atoms with Crippen LogP contribution in [0.1, 0.15) is 52.2 Å². The van der Waals surface area contributed by atoms with Gasteiger partial charge in [-0.25, -0.2) is 9.67 Å². The topological polar surface area (TPSA) is 79.6 Å². The maximum absolute atomic E-state index is 5.15. The predicted octanol–water partition coefficient (Wildman–Crippen LogP) is 1.66. The predicted molar refractivity (Wildman–Crippen MR) is 116 cm³/mol. The molecule has 0 bridgehead atoms. The van der Waals surface area contributed by atoms with Gasteiger partial charge in [0, 0.05) is 51.8 Å². The molecule has 8 heteroatoms. The first-order valence-electron chi connectivity index (χ1n) is 10.9. The standard InChI is InChI=1S/C21H39N7O/c1-15-9-16(2)11-27(10-15)21(3,4)14-23-20(22-5)24-17-7-8-19-25-18(13-29-6)26-28(19)12-17/h15-17H,7-14H2,1-6H3,(H2,22,23,24). The second-order valence-electron chi connectivity index (χ2n) is 9.53. The number of aromatic nitrogens is 3. The van der Waals surface area contributed by atoms with Crippen LogP contribution in [0.25, 0.3) is 0 Å². The second-order valence-corrected chi connectivity index (χ2v) is 9.53. The van der Waals surface area contributed by atoms with Crippen molar-refractivity contribution in [2.45, 2.75) is 71.7 Å². The van der Waals surface area contributed by atoms with Crippen molar-refractivity contribution in [1.29, 1.82) is 0 Å². The molecule has 1 saturated heterocycles. The molecule has 1 fully saturated rings. The molecule has 3 unspecified atom stereocenters. The Bertz CT molecular complexity index is 689. The Balaban J connectivity index is 1.53. The van der Waals surface area contributed by atoms with E-state index in [9.17, 15) is 0 Å². The molecule has 0 radical (unpaired) electrons. The van der Waals surface area contributed by atoms with E-state index in [0.29, 0.717) is 12.6 Å². The van der Waals surface area contributed by atoms with Crippen LogP contribution in [0.2, 0.25) is 0 Å². The van der Waals surface area contributed by atoms with E-state index >= 15 is 0 Å². The summed E-state index contributed by atoms with van der Waals surface area (Å²) in [4.78, 5) is 11.6. The van der Waals surface area contributed by atoms with E-state index in [4.69, 9.17) is 4.74 Å². The van der Waals surface area contributed by atoms with Crippen molar-refractivity contribution in [3.63, 3.8) is 0 Å². The fraction of sp³-hybridized carbons (Fsp3) is 0.857. The van der Waals surface area contributed by atoms with Gasteiger partial charge in [-0.1, -0.05) is 13.8 Å². The molecule has 3 atom stereocenters. The lowest BCUT2D eigenvalue weighted by Gasteiger charge is -2.45. The van der Waals surface area contributed by atoms with Crippen LogP contribution in [0.15, 0.2) is 4.99 Å². The molecule has 3 rings (SSSR count). The minimum Gasteiger partial charge on any atom is -0.377 e. The average Bonchev–Trinajstić information content (AvgIpc) is 3.06. The molecule has 0 aliphatic carbocycles. The number of piperidine rings is 1. The number of nitrogens with one attached hydrogen (secondary N) is 2. The molecule has 1 aromatic heterocycles. The number of hydrogen-bond acceptors (Lipinski definition) is 5. The van der Waals surface area contributed by atoms with Crippen molar-refractivity contribution >= 4 is 5.96 Å². The van der Waals surface area contributed by atoms with Gasteiger partial charge in [0.2, 0.25) is 0 Å². The summed E-state index contributed by atoms with van der Waals surface area (Å²) in [5, 5.41) is 11.7. The third kappa shape index (κ3) is 5.69. The third-order valence-corrected chi connectivity index (χ3v) is 6.15. The molecule has 0 aromatic carbocycles. The lowest BCUT2D eigenvalue weighted by Crippen LogP contribution is -2.58. The lowest BCUT2D eigenvalue weighted by atomic mass is 9.88. The number of ether oxygens (including phenoxy) is 1. The van der Waals surface area contributed by atoms with E-state index in [1.54, 1.807) is 7.11 Å². The maximum Gasteiger partial charge on any atom is 0.191 e. The van der Waals surface area contributed by atoms with Crippen LogP contribution in [0.3, 0.4) is 0 Å². The number of likely N-dealkylation sites (tertiary alicyclic amines) is 1. The Morgan fingerprint density at radius 2 is 1.97 bits per heavy atom. The molecular formula is C21H39N7O. The van der Waals surface area contributed by atoms with Crippen LogP contribution in [0.5, 0.6) is 0 Å². The smallest absolute Gasteiger partial charge is 0.191 e. The minimum atomic E-state index is 0.0846. The largest absolute Gasteiger partial charge is 0.377 e. The molecule has 29 heavy (non-hydrogen) atoms. The maximum atomic E-state index is 5.15. The van der Waals surface area contributed by atoms with Crippen LogP contribution >= 0.6 is 0 Å². The van der Waals surface area contributed by atoms with Crippen LogP contribution < -0.4 is 10.6 Å². The lowest BCUT2D eigenvalue weighted by molar-refractivity contribution is 0.0483. The first kappa shape index (κ1) is 22.0. The van der Waals surface area contributed by atoms with Gasteiger partial charge >= 0.3 is 0 Å². The van der Waals surface area contributed by atoms with Gasteiger partial charge < -0.3 is 15.4 Å². The number of methoxy groups -OCH3 is 1. The fourth-order valence-electron chi connectivity index (χ4n) is 4.63. The third-order valence-electron chi connectivity index (χ3n) is 6.15. The van der Waals surface area contributed by atoms with E-state index in [2.05, 4.69) is 58.3 Å². The number of nitrogens with zero attached hydrogens (tertiary/aromatic N) is 5. The Morgan fingerprint density at radius 3 is 2.62 bits per heavy atom. The fourth-order valence-corrected chi connectivity index (χ4v) is 4.63. The molecule has 0 saturated carbocycles. The summed E-state index contributed by atoms with van der Waals surface area (Å²) in [5.41, 5.74) is 0.0846. The summed E-state index contributed by atoms with van der Waals surface area (Å²) in [5.74, 6) is 4.20. The quantitative estimate of drug-likeness (QED) is 0.554. The molecule has 2 N–H and O–H groups in total. The first-order valence-corrected chi connectivity index (χ1v) is 10.9. The van der Waals surface area contributed by atoms with Gasteiger partial charge in [-0.15, -0.1) is 0 Å². The number of aliphatic imine (C=N–C) groups is 1. The van der Waals surface area contributed by atoms with E-state index < -0.39 is 0 Å². The zero-order valence-electron chi connectivity index (χ0n) is 19.0. The monoisotopic (exact) mass is 405 g/mol. The van der Waals surface area contributed by atoms with Crippen LogP contribution in [0.4, 0.5) is 0 Å². The number of rotatable bonds is 6. The average molecular weight is 406 g/mol. The Kier molecular flexibility index (Phi) is 7.16. The molecule has 0 amide bonds. The molecule has 0 spiro atoms. The molecule has 1 aromatic rings. The number of guanidine groups is 1. The van der Waals surface area contributed by atoms with Crippen molar-refractivity contribution in [3.05, 3.63) is 11.6 Å². The minimum absolute atomic E-state index is 0.0846. The number of hydrogen-bond donors (Lipinski definition) is 2. The van der Waals surface area contributed by atoms with Gasteiger partial charge in [0.1, 0.15) is 12.4 Å². The summed E-state index contributed by atoms with van der Waals surface area (Å²) in [6.07, 6.45) is 3.28. The summed E-state index contributed by atoms with van der Waals surface area (Å²) in [6.45, 7) is 13.9. The number of fused-ring (bicyclic) bond motifs is 1. The van der Waals surface area contributed by atoms with Gasteiger partial charge in [0.25, 0.3) is 0 Å². The first-order chi connectivity index (χ1) is 13.8. The molecule has 2 aliphatic rings. The summed E-state index contributed by atoms with van der Waals surface area (Å²) < 4.78 is 7.16. The van der Waals surface area contributed by atoms with E-state index in [1.165, 1.54) is 19.5 Å². The van der Waals surface area contributed by atoms with Crippen molar-refractivity contribution in [2.24, 2.45) is 16.8 Å². The van der Waals surface area contributed by atoms with Crippen molar-refractivity contribution < 1.29 is 4.74 Å². The van der Waals surface area contributed by atoms with E-state index in [1.807, 2.05) is 11.7 Å².